The van der Waals surface area contributed by atoms with Crippen molar-refractivity contribution in [1.29, 1.82) is 0 Å². The molecule has 0 saturated carbocycles. The molecule has 28 heavy (non-hydrogen) atoms. The van der Waals surface area contributed by atoms with E-state index >= 15 is 0 Å². The van der Waals surface area contributed by atoms with Crippen molar-refractivity contribution in [1.82, 2.24) is 19.9 Å². The highest BCUT2D eigenvalue weighted by Crippen LogP contribution is 2.02. The summed E-state index contributed by atoms with van der Waals surface area (Å²) in [4.78, 5) is 15.3. The van der Waals surface area contributed by atoms with Gasteiger partial charge in [-0.1, -0.05) is 18.2 Å². The fourth-order valence-electron chi connectivity index (χ4n) is 2.76. The Kier molecular flexibility index (Phi) is 8.04. The van der Waals surface area contributed by atoms with Crippen LogP contribution in [0.1, 0.15) is 0 Å². The van der Waals surface area contributed by atoms with Crippen LogP contribution in [0.5, 0.6) is 0 Å². The van der Waals surface area contributed by atoms with Crippen LogP contribution in [0, 0.1) is 0 Å². The summed E-state index contributed by atoms with van der Waals surface area (Å²) < 4.78 is 0. The molecular weight excluding hydrogens is 350 g/mol. The first-order chi connectivity index (χ1) is 13.9. The molecule has 0 bridgehead atoms. The van der Waals surface area contributed by atoms with Crippen molar-refractivity contribution in [2.24, 2.45) is 0 Å². The van der Waals surface area contributed by atoms with Crippen molar-refractivity contribution in [2.75, 3.05) is 55.2 Å². The molecule has 146 valence electrons. The quantitative estimate of drug-likeness (QED) is 0.448. The Balaban J connectivity index is 1.44. The van der Waals surface area contributed by atoms with Crippen molar-refractivity contribution in [3.63, 3.8) is 0 Å². The molecule has 0 aliphatic heterocycles. The van der Waals surface area contributed by atoms with E-state index in [1.165, 1.54) is 0 Å². The molecular formula is C21H27N7. The van der Waals surface area contributed by atoms with Crippen LogP contribution in [0.4, 0.5) is 17.5 Å². The smallest absolute Gasteiger partial charge is 0.125 e. The van der Waals surface area contributed by atoms with Gasteiger partial charge in [0.1, 0.15) is 17.5 Å². The van der Waals surface area contributed by atoms with E-state index in [1.54, 1.807) is 18.6 Å². The van der Waals surface area contributed by atoms with Crippen LogP contribution in [0.15, 0.2) is 73.2 Å². The first-order valence-electron chi connectivity index (χ1n) is 9.57. The number of pyridine rings is 3. The van der Waals surface area contributed by atoms with Crippen LogP contribution in [0.2, 0.25) is 0 Å². The Morgan fingerprint density at radius 3 is 1.18 bits per heavy atom. The van der Waals surface area contributed by atoms with E-state index in [-0.39, 0.29) is 0 Å². The van der Waals surface area contributed by atoms with Gasteiger partial charge in [-0.15, -0.1) is 0 Å². The molecule has 0 aliphatic carbocycles. The lowest BCUT2D eigenvalue weighted by molar-refractivity contribution is 0.306. The fraction of sp³-hybridized carbons (Fsp3) is 0.286. The van der Waals surface area contributed by atoms with Crippen molar-refractivity contribution in [3.05, 3.63) is 73.2 Å². The van der Waals surface area contributed by atoms with E-state index in [0.29, 0.717) is 0 Å². The summed E-state index contributed by atoms with van der Waals surface area (Å²) in [7, 11) is 0. The number of aromatic nitrogens is 3. The predicted octanol–water partition coefficient (Wildman–Crippen LogP) is 2.81. The van der Waals surface area contributed by atoms with Crippen LogP contribution in [-0.2, 0) is 0 Å². The second-order valence-electron chi connectivity index (χ2n) is 6.27. The third kappa shape index (κ3) is 7.20. The molecule has 0 fully saturated rings. The number of hydrogen-bond acceptors (Lipinski definition) is 7. The van der Waals surface area contributed by atoms with Gasteiger partial charge in [0.15, 0.2) is 0 Å². The minimum Gasteiger partial charge on any atom is -0.369 e. The molecule has 3 aromatic heterocycles. The summed E-state index contributed by atoms with van der Waals surface area (Å²) in [6.45, 7) is 5.28. The molecule has 3 rings (SSSR count). The average molecular weight is 377 g/mol. The molecule has 3 aromatic rings. The second kappa shape index (κ2) is 11.5. The van der Waals surface area contributed by atoms with Crippen LogP contribution in [-0.4, -0.2) is 59.1 Å². The minimum absolute atomic E-state index is 0.837. The predicted molar refractivity (Wildman–Crippen MR) is 115 cm³/mol. The van der Waals surface area contributed by atoms with Gasteiger partial charge in [0.05, 0.1) is 0 Å². The van der Waals surface area contributed by atoms with Crippen LogP contribution >= 0.6 is 0 Å². The Hall–Kier alpha value is -3.19. The number of rotatable bonds is 12. The molecule has 7 heteroatoms. The third-order valence-corrected chi connectivity index (χ3v) is 4.20. The van der Waals surface area contributed by atoms with Crippen LogP contribution < -0.4 is 16.0 Å². The van der Waals surface area contributed by atoms with Crippen LogP contribution in [0.25, 0.3) is 0 Å². The van der Waals surface area contributed by atoms with E-state index in [1.807, 2.05) is 54.6 Å². The Morgan fingerprint density at radius 1 is 0.536 bits per heavy atom. The second-order valence-corrected chi connectivity index (χ2v) is 6.27. The minimum atomic E-state index is 0.837. The van der Waals surface area contributed by atoms with Crippen molar-refractivity contribution in [3.8, 4) is 0 Å². The Labute approximate surface area is 166 Å². The molecule has 0 radical (unpaired) electrons. The summed E-state index contributed by atoms with van der Waals surface area (Å²) in [6, 6.07) is 17.7. The summed E-state index contributed by atoms with van der Waals surface area (Å²) in [6.07, 6.45) is 5.40. The lowest BCUT2D eigenvalue weighted by Crippen LogP contribution is -2.36. The molecule has 7 nitrogen and oxygen atoms in total. The first kappa shape index (κ1) is 19.6. The van der Waals surface area contributed by atoms with E-state index in [4.69, 9.17) is 0 Å². The maximum atomic E-state index is 4.31. The molecule has 3 heterocycles. The monoisotopic (exact) mass is 377 g/mol. The van der Waals surface area contributed by atoms with Gasteiger partial charge < -0.3 is 16.0 Å². The highest BCUT2D eigenvalue weighted by atomic mass is 15.2. The van der Waals surface area contributed by atoms with E-state index < -0.39 is 0 Å². The van der Waals surface area contributed by atoms with E-state index in [2.05, 4.69) is 35.8 Å². The largest absolute Gasteiger partial charge is 0.369 e. The molecule has 0 saturated heterocycles. The van der Waals surface area contributed by atoms with Gasteiger partial charge in [-0.05, 0) is 36.4 Å². The van der Waals surface area contributed by atoms with Crippen molar-refractivity contribution < 1.29 is 0 Å². The maximum Gasteiger partial charge on any atom is 0.125 e. The number of hydrogen-bond donors (Lipinski definition) is 3. The van der Waals surface area contributed by atoms with Gasteiger partial charge in [-0.2, -0.15) is 0 Å². The zero-order valence-electron chi connectivity index (χ0n) is 16.0. The van der Waals surface area contributed by atoms with Gasteiger partial charge in [-0.3, -0.25) is 4.90 Å². The highest BCUT2D eigenvalue weighted by molar-refractivity contribution is 5.34. The average Bonchev–Trinajstić information content (AvgIpc) is 2.76. The Bertz CT molecular complexity index is 660. The number of anilines is 3. The summed E-state index contributed by atoms with van der Waals surface area (Å²) >= 11 is 0. The standard InChI is InChI=1S/C21H27N7/c1-4-10-22-19(7-1)25-13-16-28(17-14-26-20-8-2-5-11-23-20)18-15-27-21-9-3-6-12-24-21/h1-12H,13-18H2,(H,22,25)(H,23,26)(H,24,27). The first-order valence-corrected chi connectivity index (χ1v) is 9.57. The summed E-state index contributed by atoms with van der Waals surface area (Å²) in [5.74, 6) is 2.71. The topological polar surface area (TPSA) is 78.0 Å². The number of nitrogens with one attached hydrogen (secondary N) is 3. The molecule has 0 amide bonds. The Morgan fingerprint density at radius 2 is 0.893 bits per heavy atom. The van der Waals surface area contributed by atoms with Gasteiger partial charge in [0.2, 0.25) is 0 Å². The third-order valence-electron chi connectivity index (χ3n) is 4.20. The lowest BCUT2D eigenvalue weighted by atomic mass is 10.4. The summed E-state index contributed by atoms with van der Waals surface area (Å²) in [5, 5.41) is 10.1. The molecule has 0 spiro atoms. The van der Waals surface area contributed by atoms with Gasteiger partial charge >= 0.3 is 0 Å². The normalized spacial score (nSPS) is 10.6. The van der Waals surface area contributed by atoms with Crippen LogP contribution in [0.3, 0.4) is 0 Å². The molecule has 0 atom stereocenters. The van der Waals surface area contributed by atoms with Crippen molar-refractivity contribution in [2.45, 2.75) is 0 Å². The van der Waals surface area contributed by atoms with E-state index in [0.717, 1.165) is 56.7 Å². The molecule has 0 aromatic carbocycles. The lowest BCUT2D eigenvalue weighted by Gasteiger charge is -2.23. The number of nitrogens with zero attached hydrogens (tertiary/aromatic N) is 4. The molecule has 3 N–H and O–H groups in total. The van der Waals surface area contributed by atoms with E-state index in [9.17, 15) is 0 Å². The zero-order chi connectivity index (χ0) is 19.3. The maximum absolute atomic E-state index is 4.31. The zero-order valence-corrected chi connectivity index (χ0v) is 16.0. The summed E-state index contributed by atoms with van der Waals surface area (Å²) in [5.41, 5.74) is 0. The highest BCUT2D eigenvalue weighted by Gasteiger charge is 2.05. The SMILES string of the molecule is c1ccc(NCCN(CCNc2ccccn2)CCNc2ccccn2)nc1. The fourth-order valence-corrected chi connectivity index (χ4v) is 2.76. The van der Waals surface area contributed by atoms with Crippen molar-refractivity contribution >= 4 is 17.5 Å². The van der Waals surface area contributed by atoms with Gasteiger partial charge in [0, 0.05) is 57.9 Å². The van der Waals surface area contributed by atoms with Gasteiger partial charge in [-0.25, -0.2) is 15.0 Å². The molecule has 0 unspecified atom stereocenters. The van der Waals surface area contributed by atoms with Gasteiger partial charge in [0.25, 0.3) is 0 Å². The molecule has 0 aliphatic rings.